The van der Waals surface area contributed by atoms with Gasteiger partial charge >= 0.3 is 0 Å². The van der Waals surface area contributed by atoms with E-state index in [-0.39, 0.29) is 11.8 Å². The molecule has 32 heavy (non-hydrogen) atoms. The average Bonchev–Trinajstić information content (AvgIpc) is 2.80. The lowest BCUT2D eigenvalue weighted by molar-refractivity contribution is 0.313. The van der Waals surface area contributed by atoms with E-state index in [0.29, 0.717) is 28.8 Å². The van der Waals surface area contributed by atoms with Gasteiger partial charge in [0.25, 0.3) is 0 Å². The third-order valence-corrected chi connectivity index (χ3v) is 5.99. The molecule has 0 unspecified atom stereocenters. The normalized spacial score (nSPS) is 18.2. The predicted molar refractivity (Wildman–Crippen MR) is 129 cm³/mol. The van der Waals surface area contributed by atoms with Crippen molar-refractivity contribution in [2.24, 2.45) is 4.99 Å². The highest BCUT2D eigenvalue weighted by Gasteiger charge is 2.29. The van der Waals surface area contributed by atoms with Crippen molar-refractivity contribution in [3.63, 3.8) is 0 Å². The van der Waals surface area contributed by atoms with Crippen LogP contribution in [0.5, 0.6) is 17.2 Å². The van der Waals surface area contributed by atoms with Gasteiger partial charge in [-0.1, -0.05) is 41.4 Å². The van der Waals surface area contributed by atoms with Crippen molar-refractivity contribution in [2.75, 3.05) is 13.7 Å². The molecule has 7 heteroatoms. The third kappa shape index (κ3) is 4.70. The van der Waals surface area contributed by atoms with Crippen LogP contribution < -0.4 is 14.8 Å². The number of hydrogen-bond acceptors (Lipinski definition) is 5. The zero-order chi connectivity index (χ0) is 22.7. The van der Waals surface area contributed by atoms with Crippen LogP contribution in [0.4, 0.5) is 0 Å². The van der Waals surface area contributed by atoms with Crippen LogP contribution in [-0.2, 0) is 0 Å². The number of aliphatic imine (C=N–C) groups is 1. The summed E-state index contributed by atoms with van der Waals surface area (Å²) >= 11 is 12.6. The van der Waals surface area contributed by atoms with Gasteiger partial charge in [-0.3, -0.25) is 10.3 Å². The summed E-state index contributed by atoms with van der Waals surface area (Å²) in [5, 5.41) is 15.5. The molecule has 0 bridgehead atoms. The van der Waals surface area contributed by atoms with Crippen molar-refractivity contribution in [3.05, 3.63) is 87.4 Å². The number of phenols is 1. The Morgan fingerprint density at radius 3 is 2.53 bits per heavy atom. The van der Waals surface area contributed by atoms with Crippen LogP contribution in [0.3, 0.4) is 0 Å². The molecular formula is C25H24Cl2N2O3. The largest absolute Gasteiger partial charge is 0.504 e. The van der Waals surface area contributed by atoms with E-state index in [4.69, 9.17) is 37.7 Å². The number of rotatable bonds is 6. The lowest BCUT2D eigenvalue weighted by Crippen LogP contribution is -2.33. The monoisotopic (exact) mass is 470 g/mol. The molecule has 1 heterocycles. The summed E-state index contributed by atoms with van der Waals surface area (Å²) in [6.07, 6.45) is 0.169. The number of ether oxygens (including phenoxy) is 2. The first-order valence-corrected chi connectivity index (χ1v) is 11.1. The molecule has 0 aliphatic carbocycles. The van der Waals surface area contributed by atoms with Crippen molar-refractivity contribution < 1.29 is 14.6 Å². The molecule has 4 rings (SSSR count). The second-order valence-electron chi connectivity index (χ2n) is 7.42. The van der Waals surface area contributed by atoms with Crippen molar-refractivity contribution in [3.8, 4) is 17.2 Å². The Kier molecular flexibility index (Phi) is 6.89. The molecule has 3 aromatic carbocycles. The van der Waals surface area contributed by atoms with Crippen molar-refractivity contribution in [2.45, 2.75) is 25.6 Å². The van der Waals surface area contributed by atoms with Gasteiger partial charge in [0.2, 0.25) is 0 Å². The van der Waals surface area contributed by atoms with Crippen molar-refractivity contribution in [1.82, 2.24) is 5.32 Å². The smallest absolute Gasteiger partial charge is 0.162 e. The molecule has 3 aromatic rings. The minimum absolute atomic E-state index is 0.129. The number of benzene rings is 3. The molecule has 5 nitrogen and oxygen atoms in total. The number of aromatic hydroxyl groups is 1. The SMILES string of the molecule is CCOc1cccc([C@H]2CC(c3ccc(OC)cc3)=N[C@H](c3ccc(Cl)cc3Cl)N2)c1O. The molecule has 1 aliphatic rings. The van der Waals surface area contributed by atoms with Gasteiger partial charge < -0.3 is 14.6 Å². The average molecular weight is 471 g/mol. The summed E-state index contributed by atoms with van der Waals surface area (Å²) in [6.45, 7) is 2.36. The fourth-order valence-corrected chi connectivity index (χ4v) is 4.35. The number of para-hydroxylation sites is 1. The van der Waals surface area contributed by atoms with Gasteiger partial charge in [0.1, 0.15) is 11.9 Å². The zero-order valence-electron chi connectivity index (χ0n) is 17.8. The summed E-state index contributed by atoms with van der Waals surface area (Å²) in [6, 6.07) is 18.5. The Balaban J connectivity index is 1.77. The summed E-state index contributed by atoms with van der Waals surface area (Å²) in [5.74, 6) is 1.37. The molecule has 0 radical (unpaired) electrons. The van der Waals surface area contributed by atoms with E-state index in [2.05, 4.69) is 5.32 Å². The maximum Gasteiger partial charge on any atom is 0.162 e. The standard InChI is InChI=1S/C25H24Cl2N2O3/c1-3-32-23-6-4-5-19(24(23)30)22-14-21(15-7-10-17(31-2)11-8-15)28-25(29-22)18-12-9-16(26)13-20(18)27/h4-13,22,25,29-30H,3,14H2,1-2H3/t22-,25+/m1/s1. The minimum Gasteiger partial charge on any atom is -0.504 e. The molecule has 0 spiro atoms. The Labute approximate surface area is 197 Å². The first kappa shape index (κ1) is 22.5. The quantitative estimate of drug-likeness (QED) is 0.441. The minimum atomic E-state index is -0.411. The first-order chi connectivity index (χ1) is 15.5. The van der Waals surface area contributed by atoms with E-state index in [9.17, 15) is 5.11 Å². The summed E-state index contributed by atoms with van der Waals surface area (Å²) < 4.78 is 10.9. The van der Waals surface area contributed by atoms with Gasteiger partial charge in [-0.25, -0.2) is 0 Å². The number of hydrogen-bond donors (Lipinski definition) is 2. The highest BCUT2D eigenvalue weighted by Crippen LogP contribution is 2.40. The fourth-order valence-electron chi connectivity index (χ4n) is 3.84. The second-order valence-corrected chi connectivity index (χ2v) is 8.27. The molecule has 1 aliphatic heterocycles. The summed E-state index contributed by atoms with van der Waals surface area (Å²) in [7, 11) is 1.64. The molecule has 0 amide bonds. The van der Waals surface area contributed by atoms with E-state index in [0.717, 1.165) is 28.2 Å². The number of methoxy groups -OCH3 is 1. The van der Waals surface area contributed by atoms with Crippen LogP contribution in [-0.4, -0.2) is 24.5 Å². The zero-order valence-corrected chi connectivity index (χ0v) is 19.3. The van der Waals surface area contributed by atoms with E-state index < -0.39 is 6.17 Å². The molecule has 166 valence electrons. The van der Waals surface area contributed by atoms with Crippen LogP contribution >= 0.6 is 23.2 Å². The summed E-state index contributed by atoms with van der Waals surface area (Å²) in [4.78, 5) is 4.96. The van der Waals surface area contributed by atoms with Crippen LogP contribution in [0.2, 0.25) is 10.0 Å². The number of nitrogens with one attached hydrogen (secondary N) is 1. The molecule has 0 saturated carbocycles. The van der Waals surface area contributed by atoms with Crippen LogP contribution in [0.15, 0.2) is 65.7 Å². The Morgan fingerprint density at radius 2 is 1.84 bits per heavy atom. The molecule has 0 saturated heterocycles. The topological polar surface area (TPSA) is 63.1 Å². The van der Waals surface area contributed by atoms with E-state index in [1.807, 2.05) is 49.4 Å². The Hall–Kier alpha value is -2.73. The van der Waals surface area contributed by atoms with Crippen LogP contribution in [0.25, 0.3) is 0 Å². The first-order valence-electron chi connectivity index (χ1n) is 10.4. The van der Waals surface area contributed by atoms with Crippen LogP contribution in [0, 0.1) is 0 Å². The van der Waals surface area contributed by atoms with Gasteiger partial charge in [-0.2, -0.15) is 0 Å². The van der Waals surface area contributed by atoms with E-state index in [1.54, 1.807) is 25.3 Å². The van der Waals surface area contributed by atoms with Crippen molar-refractivity contribution >= 4 is 28.9 Å². The van der Waals surface area contributed by atoms with Gasteiger partial charge in [0.15, 0.2) is 11.5 Å². The maximum absolute atomic E-state index is 10.9. The molecule has 0 fully saturated rings. The van der Waals surface area contributed by atoms with Gasteiger partial charge in [-0.05, 0) is 55.0 Å². The summed E-state index contributed by atoms with van der Waals surface area (Å²) in [5.41, 5.74) is 3.43. The Bertz CT molecular complexity index is 1130. The van der Waals surface area contributed by atoms with Gasteiger partial charge in [-0.15, -0.1) is 0 Å². The van der Waals surface area contributed by atoms with E-state index in [1.165, 1.54) is 0 Å². The number of nitrogens with zero attached hydrogens (tertiary/aromatic N) is 1. The highest BCUT2D eigenvalue weighted by atomic mass is 35.5. The lowest BCUT2D eigenvalue weighted by atomic mass is 9.93. The number of halogens is 2. The van der Waals surface area contributed by atoms with Crippen molar-refractivity contribution in [1.29, 1.82) is 0 Å². The molecule has 2 atom stereocenters. The maximum atomic E-state index is 10.9. The fraction of sp³-hybridized carbons (Fsp3) is 0.240. The lowest BCUT2D eigenvalue weighted by Gasteiger charge is -2.31. The van der Waals surface area contributed by atoms with Gasteiger partial charge in [0.05, 0.1) is 13.7 Å². The molecule has 2 N–H and O–H groups in total. The van der Waals surface area contributed by atoms with Crippen LogP contribution in [0.1, 0.15) is 42.2 Å². The van der Waals surface area contributed by atoms with Gasteiger partial charge in [0, 0.05) is 39.3 Å². The molecule has 0 aromatic heterocycles. The molecular weight excluding hydrogens is 447 g/mol. The second kappa shape index (κ2) is 9.82. The van der Waals surface area contributed by atoms with E-state index >= 15 is 0 Å². The Morgan fingerprint density at radius 1 is 1.06 bits per heavy atom. The third-order valence-electron chi connectivity index (χ3n) is 5.43. The number of phenolic OH excluding ortho intramolecular Hbond substituents is 1. The highest BCUT2D eigenvalue weighted by molar-refractivity contribution is 6.35. The predicted octanol–water partition coefficient (Wildman–Crippen LogP) is 6.33.